The zero-order chi connectivity index (χ0) is 13.7. The summed E-state index contributed by atoms with van der Waals surface area (Å²) in [4.78, 5) is 3.63. The molecule has 102 valence electrons. The van der Waals surface area contributed by atoms with Gasteiger partial charge in [0.25, 0.3) is 0 Å². The number of nitrogens with zero attached hydrogens (tertiary/aromatic N) is 1. The summed E-state index contributed by atoms with van der Waals surface area (Å²) in [5.74, 6) is 0.215. The van der Waals surface area contributed by atoms with Crippen molar-refractivity contribution < 1.29 is 5.11 Å². The molecule has 2 nitrogen and oxygen atoms in total. The van der Waals surface area contributed by atoms with Crippen molar-refractivity contribution >= 4 is 11.3 Å². The Bertz CT molecular complexity index is 469. The molecule has 1 aromatic carbocycles. The third-order valence-corrected chi connectivity index (χ3v) is 4.15. The van der Waals surface area contributed by atoms with Crippen LogP contribution >= 0.6 is 11.3 Å². The van der Waals surface area contributed by atoms with E-state index in [1.165, 1.54) is 4.88 Å². The van der Waals surface area contributed by atoms with Crippen molar-refractivity contribution in [1.29, 1.82) is 0 Å². The molecule has 0 saturated carbocycles. The van der Waals surface area contributed by atoms with Crippen LogP contribution in [-0.4, -0.2) is 23.6 Å². The summed E-state index contributed by atoms with van der Waals surface area (Å²) in [5.41, 5.74) is 1.000. The SMILES string of the molecule is CC(CN(C)Cc1cccs1)C(O)c1ccccc1. The van der Waals surface area contributed by atoms with E-state index in [-0.39, 0.29) is 5.92 Å². The molecular weight excluding hydrogens is 254 g/mol. The Morgan fingerprint density at radius 2 is 1.89 bits per heavy atom. The van der Waals surface area contributed by atoms with Crippen LogP contribution < -0.4 is 0 Å². The summed E-state index contributed by atoms with van der Waals surface area (Å²) in [7, 11) is 2.11. The Morgan fingerprint density at radius 1 is 1.16 bits per heavy atom. The van der Waals surface area contributed by atoms with Gasteiger partial charge in [-0.15, -0.1) is 11.3 Å². The fourth-order valence-corrected chi connectivity index (χ4v) is 3.09. The molecule has 0 aliphatic heterocycles. The van der Waals surface area contributed by atoms with Crippen LogP contribution in [0.4, 0.5) is 0 Å². The Hall–Kier alpha value is -1.16. The quantitative estimate of drug-likeness (QED) is 0.871. The summed E-state index contributed by atoms with van der Waals surface area (Å²) >= 11 is 1.78. The van der Waals surface area contributed by atoms with Crippen molar-refractivity contribution in [1.82, 2.24) is 4.90 Å². The van der Waals surface area contributed by atoms with E-state index in [4.69, 9.17) is 0 Å². The smallest absolute Gasteiger partial charge is 0.0827 e. The van der Waals surface area contributed by atoms with E-state index in [9.17, 15) is 5.11 Å². The fraction of sp³-hybridized carbons (Fsp3) is 0.375. The molecule has 0 saturated heterocycles. The van der Waals surface area contributed by atoms with Gasteiger partial charge in [-0.2, -0.15) is 0 Å². The van der Waals surface area contributed by atoms with Crippen LogP contribution in [0.1, 0.15) is 23.5 Å². The van der Waals surface area contributed by atoms with E-state index in [1.807, 2.05) is 30.3 Å². The van der Waals surface area contributed by atoms with Crippen molar-refractivity contribution in [2.75, 3.05) is 13.6 Å². The van der Waals surface area contributed by atoms with Gasteiger partial charge in [0.05, 0.1) is 6.10 Å². The van der Waals surface area contributed by atoms with Gasteiger partial charge in [0.2, 0.25) is 0 Å². The molecule has 1 N–H and O–H groups in total. The van der Waals surface area contributed by atoms with Gasteiger partial charge >= 0.3 is 0 Å². The second kappa shape index (κ2) is 6.85. The maximum absolute atomic E-state index is 10.3. The Balaban J connectivity index is 1.88. The number of benzene rings is 1. The van der Waals surface area contributed by atoms with E-state index < -0.39 is 6.10 Å². The summed E-state index contributed by atoms with van der Waals surface area (Å²) in [5, 5.41) is 12.4. The minimum atomic E-state index is -0.396. The minimum absolute atomic E-state index is 0.215. The molecule has 0 spiro atoms. The number of thiophene rings is 1. The number of hydrogen-bond donors (Lipinski definition) is 1. The maximum atomic E-state index is 10.3. The predicted octanol–water partition coefficient (Wildman–Crippen LogP) is 3.55. The van der Waals surface area contributed by atoms with Gasteiger partial charge < -0.3 is 10.0 Å². The molecule has 2 unspecified atom stereocenters. The average Bonchev–Trinajstić information content (AvgIpc) is 2.91. The van der Waals surface area contributed by atoms with Gasteiger partial charge in [-0.25, -0.2) is 0 Å². The molecule has 2 atom stereocenters. The van der Waals surface area contributed by atoms with Gasteiger partial charge in [-0.3, -0.25) is 0 Å². The third kappa shape index (κ3) is 4.16. The zero-order valence-corrected chi connectivity index (χ0v) is 12.3. The van der Waals surface area contributed by atoms with Crippen LogP contribution in [0.3, 0.4) is 0 Å². The molecule has 0 bridgehead atoms. The average molecular weight is 275 g/mol. The first-order valence-corrected chi connectivity index (χ1v) is 7.48. The van der Waals surface area contributed by atoms with E-state index in [0.717, 1.165) is 18.7 Å². The molecule has 0 aliphatic rings. The molecule has 0 amide bonds. The lowest BCUT2D eigenvalue weighted by Gasteiger charge is -2.25. The minimum Gasteiger partial charge on any atom is -0.388 e. The van der Waals surface area contributed by atoms with E-state index in [0.29, 0.717) is 0 Å². The van der Waals surface area contributed by atoms with Gasteiger partial charge in [-0.1, -0.05) is 43.3 Å². The molecule has 19 heavy (non-hydrogen) atoms. The molecule has 0 aliphatic carbocycles. The van der Waals surface area contributed by atoms with Crippen molar-refractivity contribution in [3.05, 3.63) is 58.3 Å². The molecule has 2 aromatic rings. The van der Waals surface area contributed by atoms with Crippen LogP contribution in [0, 0.1) is 5.92 Å². The predicted molar refractivity (Wildman–Crippen MR) is 81.2 cm³/mol. The number of hydrogen-bond acceptors (Lipinski definition) is 3. The molecule has 0 fully saturated rings. The van der Waals surface area contributed by atoms with E-state index in [1.54, 1.807) is 11.3 Å². The summed E-state index contributed by atoms with van der Waals surface area (Å²) in [6.07, 6.45) is -0.396. The Labute approximate surface area is 119 Å². The van der Waals surface area contributed by atoms with Crippen molar-refractivity contribution in [3.8, 4) is 0 Å². The van der Waals surface area contributed by atoms with E-state index >= 15 is 0 Å². The lowest BCUT2D eigenvalue weighted by Crippen LogP contribution is -2.27. The Morgan fingerprint density at radius 3 is 2.53 bits per heavy atom. The molecule has 1 heterocycles. The van der Waals surface area contributed by atoms with Gasteiger partial charge in [-0.05, 0) is 30.0 Å². The standard InChI is InChI=1S/C16H21NOS/c1-13(16(18)14-7-4-3-5-8-14)11-17(2)12-15-9-6-10-19-15/h3-10,13,16,18H,11-12H2,1-2H3. The van der Waals surface area contributed by atoms with Crippen LogP contribution in [0.15, 0.2) is 47.8 Å². The van der Waals surface area contributed by atoms with Gasteiger partial charge in [0.15, 0.2) is 0 Å². The fourth-order valence-electron chi connectivity index (χ4n) is 2.30. The summed E-state index contributed by atoms with van der Waals surface area (Å²) in [6.45, 7) is 3.93. The highest BCUT2D eigenvalue weighted by Gasteiger charge is 2.17. The van der Waals surface area contributed by atoms with Gasteiger partial charge in [0.1, 0.15) is 0 Å². The summed E-state index contributed by atoms with van der Waals surface area (Å²) in [6, 6.07) is 14.1. The zero-order valence-electron chi connectivity index (χ0n) is 11.5. The number of aliphatic hydroxyl groups is 1. The summed E-state index contributed by atoms with van der Waals surface area (Å²) < 4.78 is 0. The first kappa shape index (κ1) is 14.3. The van der Waals surface area contributed by atoms with Crippen LogP contribution in [-0.2, 0) is 6.54 Å². The number of rotatable bonds is 6. The topological polar surface area (TPSA) is 23.5 Å². The highest BCUT2D eigenvalue weighted by molar-refractivity contribution is 7.09. The Kier molecular flexibility index (Phi) is 5.14. The van der Waals surface area contributed by atoms with Crippen molar-refractivity contribution in [3.63, 3.8) is 0 Å². The lowest BCUT2D eigenvalue weighted by molar-refractivity contribution is 0.0935. The first-order valence-electron chi connectivity index (χ1n) is 6.60. The van der Waals surface area contributed by atoms with Crippen LogP contribution in [0.2, 0.25) is 0 Å². The maximum Gasteiger partial charge on any atom is 0.0827 e. The third-order valence-electron chi connectivity index (χ3n) is 3.29. The highest BCUT2D eigenvalue weighted by Crippen LogP contribution is 2.22. The van der Waals surface area contributed by atoms with Gasteiger partial charge in [0, 0.05) is 18.0 Å². The van der Waals surface area contributed by atoms with Crippen molar-refractivity contribution in [2.24, 2.45) is 5.92 Å². The van der Waals surface area contributed by atoms with Crippen LogP contribution in [0.5, 0.6) is 0 Å². The monoisotopic (exact) mass is 275 g/mol. The normalized spacial score (nSPS) is 14.5. The molecule has 2 rings (SSSR count). The number of aliphatic hydroxyl groups excluding tert-OH is 1. The van der Waals surface area contributed by atoms with E-state index in [2.05, 4.69) is 36.4 Å². The second-order valence-corrected chi connectivity index (χ2v) is 6.14. The lowest BCUT2D eigenvalue weighted by atomic mass is 9.97. The molecule has 3 heteroatoms. The largest absolute Gasteiger partial charge is 0.388 e. The molecule has 1 aromatic heterocycles. The first-order chi connectivity index (χ1) is 9.16. The molecular formula is C16H21NOS. The second-order valence-electron chi connectivity index (χ2n) is 5.11. The molecule has 0 radical (unpaired) electrons. The van der Waals surface area contributed by atoms with Crippen molar-refractivity contribution in [2.45, 2.75) is 19.6 Å². The highest BCUT2D eigenvalue weighted by atomic mass is 32.1. The van der Waals surface area contributed by atoms with Crippen LogP contribution in [0.25, 0.3) is 0 Å².